The number of nitrogens with zero attached hydrogens (tertiary/aromatic N) is 7. The summed E-state index contributed by atoms with van der Waals surface area (Å²) < 4.78 is 8.56. The summed E-state index contributed by atoms with van der Waals surface area (Å²) in [5.41, 5.74) is 19.2. The largest absolute Gasteiger partial charge is 0.360 e. The maximum atomic E-state index is 5.00. The van der Waals surface area contributed by atoms with E-state index in [4.69, 9.17) is 24.9 Å². The molecule has 0 radical (unpaired) electrons. The smallest absolute Gasteiger partial charge is 0.164 e. The number of fused-ring (bicyclic) bond motifs is 10. The molecule has 0 aliphatic carbocycles. The molecule has 11 heteroatoms. The molecule has 14 aromatic carbocycles. The van der Waals surface area contributed by atoms with E-state index in [-0.39, 0.29) is 0 Å². The lowest BCUT2D eigenvalue weighted by atomic mass is 9.98. The van der Waals surface area contributed by atoms with Crippen LogP contribution in [0, 0.1) is 0 Å². The van der Waals surface area contributed by atoms with Crippen LogP contribution in [-0.2, 0) is 0 Å². The third-order valence-electron chi connectivity index (χ3n) is 18.9. The van der Waals surface area contributed by atoms with Crippen LogP contribution in [0.3, 0.4) is 0 Å². The van der Waals surface area contributed by atoms with Crippen LogP contribution in [0.4, 0.5) is 0 Å². The van der Waals surface area contributed by atoms with E-state index in [1.165, 1.54) is 107 Å². The molecule has 0 bridgehead atoms. The first-order chi connectivity index (χ1) is 51.9. The fraction of sp³-hybridized carbons (Fsp3) is 0. The van der Waals surface area contributed by atoms with Crippen molar-refractivity contribution in [2.45, 2.75) is 0 Å². The predicted octanol–water partition coefficient (Wildman–Crippen LogP) is 26.0. The summed E-state index contributed by atoms with van der Waals surface area (Å²) in [4.78, 5) is 32.4. The molecule has 20 aromatic rings. The van der Waals surface area contributed by atoms with Crippen LogP contribution in [0.1, 0.15) is 0 Å². The Morgan fingerprint density at radius 2 is 0.619 bits per heavy atom. The Morgan fingerprint density at radius 1 is 0.257 bits per heavy atom. The summed E-state index contributed by atoms with van der Waals surface area (Å²) in [6.45, 7) is 0. The van der Waals surface area contributed by atoms with Gasteiger partial charge in [-0.1, -0.05) is 319 Å². The van der Waals surface area contributed by atoms with Crippen LogP contribution in [0.25, 0.3) is 181 Å². The normalized spacial score (nSPS) is 11.3. The Morgan fingerprint density at radius 3 is 1.10 bits per heavy atom. The molecule has 6 heterocycles. The summed E-state index contributed by atoms with van der Waals surface area (Å²) in [7, 11) is 0. The highest BCUT2D eigenvalue weighted by atomic mass is 79.9. The van der Waals surface area contributed by atoms with Gasteiger partial charge >= 0.3 is 0 Å². The lowest BCUT2D eigenvalue weighted by molar-refractivity contribution is 1.07. The van der Waals surface area contributed by atoms with E-state index in [1.807, 2.05) is 174 Å². The highest BCUT2D eigenvalue weighted by Crippen LogP contribution is 2.46. The van der Waals surface area contributed by atoms with Crippen LogP contribution in [-0.4, -0.2) is 39.5 Å². The number of aromatic nitrogens is 8. The number of nitrogens with one attached hydrogen (secondary N) is 1. The molecule has 0 aliphatic heterocycles. The summed E-state index contributed by atoms with van der Waals surface area (Å²) in [5, 5.41) is 7.68. The number of H-pyrrole nitrogens is 1. The molecule has 1 N–H and O–H groups in total. The molecule has 0 aliphatic rings. The minimum absolute atomic E-state index is 0.639. The first-order valence-corrected chi connectivity index (χ1v) is 37.2. The van der Waals surface area contributed by atoms with Crippen molar-refractivity contribution in [3.63, 3.8) is 0 Å². The van der Waals surface area contributed by atoms with Gasteiger partial charge in [-0.15, -0.1) is 22.7 Å². The van der Waals surface area contributed by atoms with Crippen LogP contribution < -0.4 is 0 Å². The Labute approximate surface area is 622 Å². The molecule has 0 saturated heterocycles. The van der Waals surface area contributed by atoms with Gasteiger partial charge in [-0.3, -0.25) is 0 Å². The van der Waals surface area contributed by atoms with Gasteiger partial charge in [0.15, 0.2) is 34.9 Å². The first kappa shape index (κ1) is 64.2. The van der Waals surface area contributed by atoms with Crippen molar-refractivity contribution in [2.75, 3.05) is 0 Å². The lowest BCUT2D eigenvalue weighted by Crippen LogP contribution is -2.00. The molecule has 496 valence electrons. The van der Waals surface area contributed by atoms with Gasteiger partial charge in [0, 0.05) is 97.7 Å². The van der Waals surface area contributed by atoms with Crippen molar-refractivity contribution in [3.05, 3.63) is 369 Å². The van der Waals surface area contributed by atoms with Crippen LogP contribution >= 0.6 is 38.6 Å². The van der Waals surface area contributed by atoms with Crippen LogP contribution in [0.2, 0.25) is 0 Å². The molecule has 0 fully saturated rings. The second-order valence-electron chi connectivity index (χ2n) is 25.5. The molecule has 0 amide bonds. The average molecular weight is 1450 g/mol. The van der Waals surface area contributed by atoms with E-state index >= 15 is 0 Å². The summed E-state index contributed by atoms with van der Waals surface area (Å²) in [6.07, 6.45) is 4.20. The second kappa shape index (κ2) is 28.5. The van der Waals surface area contributed by atoms with Crippen molar-refractivity contribution in [1.29, 1.82) is 0 Å². The quantitative estimate of drug-likeness (QED) is 0.139. The van der Waals surface area contributed by atoms with E-state index in [0.717, 1.165) is 43.5 Å². The standard InChI is InChI=1S/C47H30N4S.C26H17NS.C21H14BrN3/c1-4-13-31(14-5-1)35-19-10-20-36(29-35)39-23-12-24-40-41-26-25-32-27-28-51(42(32)44(41)52-43(39)40)38-22-11-21-37(30-38)47-49-45(33-15-6-2-7-16-33)48-46(50-47)34-17-8-3-9-18-34;1-2-6-17(7-3-1)19-8-4-9-20(16-19)21-10-5-11-22-23-13-12-18-14-15-27-24(18)26(23)28-25(21)22;22-18-13-7-12-17(14-18)21-24-19(15-8-3-1-4-9-15)23-20(25-21)16-10-5-2-6-11-16/h1-30H;1-16,27H;1-14H. The number of halogens is 1. The number of thiophene rings is 2. The fourth-order valence-corrected chi connectivity index (χ4v) is 17.0. The second-order valence-corrected chi connectivity index (χ2v) is 28.5. The molecule has 0 saturated carbocycles. The molecular weight excluding hydrogens is 1390 g/mol. The van der Waals surface area contributed by atoms with Crippen molar-refractivity contribution in [1.82, 2.24) is 39.5 Å². The van der Waals surface area contributed by atoms with Crippen molar-refractivity contribution < 1.29 is 0 Å². The fourth-order valence-electron chi connectivity index (χ4n) is 13.8. The number of hydrogen-bond acceptors (Lipinski definition) is 8. The zero-order valence-electron chi connectivity index (χ0n) is 56.5. The molecule has 20 rings (SSSR count). The van der Waals surface area contributed by atoms with Gasteiger partial charge in [-0.05, 0) is 93.0 Å². The minimum Gasteiger partial charge on any atom is -0.360 e. The Hall–Kier alpha value is -12.9. The van der Waals surface area contributed by atoms with Crippen molar-refractivity contribution >= 4 is 101 Å². The summed E-state index contributed by atoms with van der Waals surface area (Å²) in [6, 6.07) is 122. The topological polar surface area (TPSA) is 98.1 Å². The van der Waals surface area contributed by atoms with Crippen molar-refractivity contribution in [2.24, 2.45) is 0 Å². The van der Waals surface area contributed by atoms with Gasteiger partial charge < -0.3 is 9.55 Å². The van der Waals surface area contributed by atoms with Gasteiger partial charge in [-0.2, -0.15) is 0 Å². The highest BCUT2D eigenvalue weighted by molar-refractivity contribution is 9.10. The van der Waals surface area contributed by atoms with E-state index in [1.54, 1.807) is 0 Å². The maximum absolute atomic E-state index is 5.00. The molecule has 0 unspecified atom stereocenters. The number of hydrogen-bond donors (Lipinski definition) is 1. The molecule has 6 aromatic heterocycles. The third kappa shape index (κ3) is 13.0. The van der Waals surface area contributed by atoms with Gasteiger partial charge in [-0.25, -0.2) is 29.9 Å². The number of rotatable bonds is 11. The molecule has 8 nitrogen and oxygen atoms in total. The Kier molecular flexibility index (Phi) is 17.4. The van der Waals surface area contributed by atoms with Gasteiger partial charge in [0.05, 0.1) is 20.4 Å². The maximum Gasteiger partial charge on any atom is 0.164 e. The van der Waals surface area contributed by atoms with Crippen LogP contribution in [0.5, 0.6) is 0 Å². The minimum atomic E-state index is 0.639. The third-order valence-corrected chi connectivity index (χ3v) is 22.0. The van der Waals surface area contributed by atoms with E-state index in [9.17, 15) is 0 Å². The predicted molar refractivity (Wildman–Crippen MR) is 443 cm³/mol. The number of benzene rings is 14. The molecule has 105 heavy (non-hydrogen) atoms. The Balaban J connectivity index is 0.000000124. The van der Waals surface area contributed by atoms with Crippen LogP contribution in [0.15, 0.2) is 369 Å². The molecule has 0 spiro atoms. The summed E-state index contributed by atoms with van der Waals surface area (Å²) in [5.74, 6) is 3.94. The van der Waals surface area contributed by atoms with Crippen molar-refractivity contribution in [3.8, 4) is 119 Å². The number of aromatic amines is 1. The van der Waals surface area contributed by atoms with E-state index in [0.29, 0.717) is 34.9 Å². The van der Waals surface area contributed by atoms with E-state index in [2.05, 4.69) is 243 Å². The summed E-state index contributed by atoms with van der Waals surface area (Å²) >= 11 is 7.28. The SMILES string of the molecule is Brc1cccc(-c2nc(-c3ccccc3)nc(-c3ccccc3)n2)c1.c1ccc(-c2cccc(-c3cccc4c3sc3c4ccc4cc[nH]c43)c2)cc1.c1ccc(-c2cccc(-c3cccc4c3sc3c4ccc4ccn(-c5cccc(-c6nc(-c7ccccc7)nc(-c7ccccc7)n6)c5)c43)c2)cc1. The zero-order valence-corrected chi connectivity index (χ0v) is 59.7. The van der Waals surface area contributed by atoms with Gasteiger partial charge in [0.25, 0.3) is 0 Å². The molecular formula is C94H61BrN8S2. The zero-order chi connectivity index (χ0) is 70.0. The van der Waals surface area contributed by atoms with Gasteiger partial charge in [0.1, 0.15) is 0 Å². The highest BCUT2D eigenvalue weighted by Gasteiger charge is 2.20. The van der Waals surface area contributed by atoms with Gasteiger partial charge in [0.2, 0.25) is 0 Å². The Bertz CT molecular complexity index is 6420. The average Bonchev–Trinajstić information content (AvgIpc) is 1.60. The lowest BCUT2D eigenvalue weighted by Gasteiger charge is -2.11. The van der Waals surface area contributed by atoms with E-state index < -0.39 is 0 Å². The first-order valence-electron chi connectivity index (χ1n) is 34.7. The molecule has 0 atom stereocenters. The monoisotopic (exact) mass is 1440 g/mol.